The number of hydrogen-bond donors (Lipinski definition) is 2. The van der Waals surface area contributed by atoms with E-state index in [-0.39, 0.29) is 36.7 Å². The fourth-order valence-corrected chi connectivity index (χ4v) is 4.70. The number of hydrogen-bond acceptors (Lipinski definition) is 4. The molecule has 2 aromatic rings. The second kappa shape index (κ2) is 9.10. The van der Waals surface area contributed by atoms with Crippen molar-refractivity contribution in [2.45, 2.75) is 70.4 Å². The molecule has 1 aliphatic carbocycles. The van der Waals surface area contributed by atoms with Crippen molar-refractivity contribution in [1.82, 2.24) is 10.3 Å². The van der Waals surface area contributed by atoms with Gasteiger partial charge in [0.25, 0.3) is 5.91 Å². The number of anilines is 1. The van der Waals surface area contributed by atoms with Crippen LogP contribution in [0.2, 0.25) is 0 Å². The van der Waals surface area contributed by atoms with Crippen LogP contribution >= 0.6 is 0 Å². The maximum Gasteiger partial charge on any atom is 0.282 e. The topological polar surface area (TPSA) is 83.6 Å². The lowest BCUT2D eigenvalue weighted by molar-refractivity contribution is -0.0414. The molecular formula is C24H31F2N5O. The number of benzene rings is 1. The molecule has 1 aromatic heterocycles. The normalized spacial score (nSPS) is 20.6. The van der Waals surface area contributed by atoms with Crippen molar-refractivity contribution < 1.29 is 13.6 Å². The molecule has 3 N–H and O–H groups in total. The number of aliphatic imine (C=N–C) groups is 1. The Morgan fingerprint density at radius 3 is 2.47 bits per heavy atom. The van der Waals surface area contributed by atoms with Crippen molar-refractivity contribution >= 4 is 28.5 Å². The Hall–Kier alpha value is -2.61. The van der Waals surface area contributed by atoms with Gasteiger partial charge in [-0.25, -0.2) is 13.8 Å². The molecule has 172 valence electrons. The number of amidine groups is 1. The summed E-state index contributed by atoms with van der Waals surface area (Å²) in [6.07, 6.45) is 2.72. The van der Waals surface area contributed by atoms with E-state index in [0.717, 1.165) is 42.4 Å². The summed E-state index contributed by atoms with van der Waals surface area (Å²) in [6.45, 7) is 5.06. The number of nitrogens with zero attached hydrogens (tertiary/aromatic N) is 3. The molecule has 0 radical (unpaired) electrons. The largest absolute Gasteiger partial charge is 0.387 e. The van der Waals surface area contributed by atoms with Gasteiger partial charge < -0.3 is 16.0 Å². The van der Waals surface area contributed by atoms with E-state index in [1.807, 2.05) is 31.2 Å². The van der Waals surface area contributed by atoms with Crippen LogP contribution in [0.25, 0.3) is 10.9 Å². The molecule has 4 rings (SSSR count). The molecule has 1 aromatic carbocycles. The van der Waals surface area contributed by atoms with Crippen LogP contribution in [0.15, 0.2) is 29.3 Å². The fraction of sp³-hybridized carbons (Fsp3) is 0.542. The Labute approximate surface area is 187 Å². The number of piperidine rings is 1. The predicted molar refractivity (Wildman–Crippen MR) is 124 cm³/mol. The molecule has 0 bridgehead atoms. The molecule has 32 heavy (non-hydrogen) atoms. The highest BCUT2D eigenvalue weighted by Crippen LogP contribution is 2.34. The van der Waals surface area contributed by atoms with Crippen LogP contribution in [0.4, 0.5) is 14.6 Å². The predicted octanol–water partition coefficient (Wildman–Crippen LogP) is 4.20. The fourth-order valence-electron chi connectivity index (χ4n) is 4.70. The standard InChI is InChI=1S/C24H31F2N5O/c1-15-3-4-21-17(13-15)14-20(23(32)28-16(2)27)22(30-21)31-11-7-19(8-12-31)29-18-5-9-24(25,26)10-6-18/h3-4,13-14,18-19,29H,5-12H2,1-2H3,(H2,27,28,32). The molecule has 1 saturated heterocycles. The van der Waals surface area contributed by atoms with Crippen LogP contribution in [0, 0.1) is 6.92 Å². The van der Waals surface area contributed by atoms with Gasteiger partial charge in [-0.1, -0.05) is 11.6 Å². The Balaban J connectivity index is 1.50. The number of rotatable bonds is 4. The minimum Gasteiger partial charge on any atom is -0.387 e. The lowest BCUT2D eigenvalue weighted by Crippen LogP contribution is -2.48. The smallest absolute Gasteiger partial charge is 0.282 e. The van der Waals surface area contributed by atoms with Crippen LogP contribution in [-0.2, 0) is 0 Å². The van der Waals surface area contributed by atoms with Crippen LogP contribution in [0.5, 0.6) is 0 Å². The number of amides is 1. The third kappa shape index (κ3) is 5.23. The van der Waals surface area contributed by atoms with Gasteiger partial charge in [-0.3, -0.25) is 4.79 Å². The van der Waals surface area contributed by atoms with E-state index in [1.165, 1.54) is 0 Å². The minimum absolute atomic E-state index is 0.0312. The zero-order chi connectivity index (χ0) is 22.9. The maximum absolute atomic E-state index is 13.4. The lowest BCUT2D eigenvalue weighted by atomic mass is 9.91. The summed E-state index contributed by atoms with van der Waals surface area (Å²) in [5.74, 6) is -2.05. The molecule has 2 aliphatic rings. The van der Waals surface area contributed by atoms with E-state index in [1.54, 1.807) is 6.92 Å². The van der Waals surface area contributed by atoms with Crippen molar-refractivity contribution in [3.8, 4) is 0 Å². The van der Waals surface area contributed by atoms with Gasteiger partial charge in [0.05, 0.1) is 11.1 Å². The number of carbonyl (C=O) groups excluding carboxylic acids is 1. The van der Waals surface area contributed by atoms with E-state index in [0.29, 0.717) is 24.2 Å². The van der Waals surface area contributed by atoms with Gasteiger partial charge in [-0.05, 0) is 57.7 Å². The summed E-state index contributed by atoms with van der Waals surface area (Å²) in [5, 5.41) is 4.48. The SMILES string of the molecule is CC(N)=NC(=O)c1cc2cc(C)ccc2nc1N1CCC(NC2CCC(F)(F)CC2)CC1. The first-order valence-corrected chi connectivity index (χ1v) is 11.4. The van der Waals surface area contributed by atoms with E-state index < -0.39 is 5.92 Å². The van der Waals surface area contributed by atoms with Crippen LogP contribution < -0.4 is 16.0 Å². The monoisotopic (exact) mass is 443 g/mol. The van der Waals surface area contributed by atoms with E-state index in [2.05, 4.69) is 15.2 Å². The highest BCUT2D eigenvalue weighted by atomic mass is 19.3. The number of carbonyl (C=O) groups is 1. The summed E-state index contributed by atoms with van der Waals surface area (Å²) < 4.78 is 26.8. The van der Waals surface area contributed by atoms with Gasteiger partial charge in [0, 0.05) is 43.4 Å². The Morgan fingerprint density at radius 2 is 1.81 bits per heavy atom. The van der Waals surface area contributed by atoms with Gasteiger partial charge in [0.1, 0.15) is 11.7 Å². The molecule has 6 nitrogen and oxygen atoms in total. The molecule has 0 unspecified atom stereocenters. The highest BCUT2D eigenvalue weighted by molar-refractivity contribution is 6.07. The van der Waals surface area contributed by atoms with Crippen molar-refractivity contribution in [3.05, 3.63) is 35.4 Å². The maximum atomic E-state index is 13.4. The van der Waals surface area contributed by atoms with Gasteiger partial charge in [-0.15, -0.1) is 0 Å². The first-order chi connectivity index (χ1) is 15.2. The number of pyridine rings is 1. The van der Waals surface area contributed by atoms with Crippen molar-refractivity contribution in [1.29, 1.82) is 0 Å². The van der Waals surface area contributed by atoms with Crippen molar-refractivity contribution in [2.75, 3.05) is 18.0 Å². The zero-order valence-corrected chi connectivity index (χ0v) is 18.7. The third-order valence-corrected chi connectivity index (χ3v) is 6.44. The van der Waals surface area contributed by atoms with Gasteiger partial charge >= 0.3 is 0 Å². The molecule has 2 heterocycles. The summed E-state index contributed by atoms with van der Waals surface area (Å²) in [5.41, 5.74) is 8.04. The first kappa shape index (κ1) is 22.6. The molecular weight excluding hydrogens is 412 g/mol. The lowest BCUT2D eigenvalue weighted by Gasteiger charge is -2.37. The number of fused-ring (bicyclic) bond motifs is 1. The quantitative estimate of drug-likeness (QED) is 0.547. The summed E-state index contributed by atoms with van der Waals surface area (Å²) in [6, 6.07) is 8.28. The summed E-state index contributed by atoms with van der Waals surface area (Å²) in [7, 11) is 0. The van der Waals surface area contributed by atoms with E-state index in [4.69, 9.17) is 10.7 Å². The molecule has 1 saturated carbocycles. The Kier molecular flexibility index (Phi) is 6.42. The number of aromatic nitrogens is 1. The molecule has 2 fully saturated rings. The van der Waals surface area contributed by atoms with Crippen LogP contribution in [0.3, 0.4) is 0 Å². The molecule has 0 spiro atoms. The van der Waals surface area contributed by atoms with Crippen LogP contribution in [0.1, 0.15) is 61.4 Å². The second-order valence-electron chi connectivity index (χ2n) is 9.17. The summed E-state index contributed by atoms with van der Waals surface area (Å²) >= 11 is 0. The first-order valence-electron chi connectivity index (χ1n) is 11.4. The number of nitrogens with one attached hydrogen (secondary N) is 1. The average Bonchev–Trinajstić information content (AvgIpc) is 2.74. The molecule has 0 atom stereocenters. The van der Waals surface area contributed by atoms with Crippen molar-refractivity contribution in [3.63, 3.8) is 0 Å². The van der Waals surface area contributed by atoms with E-state index >= 15 is 0 Å². The van der Waals surface area contributed by atoms with E-state index in [9.17, 15) is 13.6 Å². The van der Waals surface area contributed by atoms with Crippen molar-refractivity contribution in [2.24, 2.45) is 10.7 Å². The minimum atomic E-state index is -2.50. The highest BCUT2D eigenvalue weighted by Gasteiger charge is 2.36. The van der Waals surface area contributed by atoms with Crippen LogP contribution in [-0.4, -0.2) is 47.8 Å². The second-order valence-corrected chi connectivity index (χ2v) is 9.17. The molecule has 1 amide bonds. The number of aryl methyl sites for hydroxylation is 1. The number of alkyl halides is 2. The third-order valence-electron chi connectivity index (χ3n) is 6.44. The van der Waals surface area contributed by atoms with Gasteiger partial charge in [0.15, 0.2) is 0 Å². The molecule has 8 heteroatoms. The Morgan fingerprint density at radius 1 is 1.16 bits per heavy atom. The Bertz CT molecular complexity index is 1020. The number of halogens is 2. The molecule has 1 aliphatic heterocycles. The van der Waals surface area contributed by atoms with Gasteiger partial charge in [0.2, 0.25) is 5.92 Å². The van der Waals surface area contributed by atoms with Gasteiger partial charge in [-0.2, -0.15) is 4.99 Å². The zero-order valence-electron chi connectivity index (χ0n) is 18.7. The average molecular weight is 444 g/mol. The number of nitrogens with two attached hydrogens (primary N) is 1. The summed E-state index contributed by atoms with van der Waals surface area (Å²) in [4.78, 5) is 23.7.